The molecule has 0 radical (unpaired) electrons. The Morgan fingerprint density at radius 3 is 2.56 bits per heavy atom. The first-order chi connectivity index (χ1) is 12.0. The largest absolute Gasteiger partial charge is 0.314 e. The SMILES string of the molecule is O=CN1CCc2cc(S(=O)(=O)NCC3(c4ccccc4)CC3)ccc21. The van der Waals surface area contributed by atoms with E-state index in [-0.39, 0.29) is 10.3 Å². The van der Waals surface area contributed by atoms with Crippen molar-refractivity contribution in [1.82, 2.24) is 4.72 Å². The summed E-state index contributed by atoms with van der Waals surface area (Å²) in [4.78, 5) is 12.9. The smallest absolute Gasteiger partial charge is 0.240 e. The first kappa shape index (κ1) is 16.3. The molecule has 0 aromatic heterocycles. The molecule has 2 aromatic carbocycles. The summed E-state index contributed by atoms with van der Waals surface area (Å²) in [5.74, 6) is 0. The number of amides is 1. The number of hydrogen-bond donors (Lipinski definition) is 1. The highest BCUT2D eigenvalue weighted by Gasteiger charge is 2.44. The Hall–Kier alpha value is -2.18. The monoisotopic (exact) mass is 356 g/mol. The molecule has 0 saturated heterocycles. The molecule has 1 heterocycles. The molecule has 1 N–H and O–H groups in total. The highest BCUT2D eigenvalue weighted by Crippen LogP contribution is 2.47. The van der Waals surface area contributed by atoms with Crippen LogP contribution < -0.4 is 9.62 Å². The predicted molar refractivity (Wildman–Crippen MR) is 96.1 cm³/mol. The van der Waals surface area contributed by atoms with Gasteiger partial charge in [-0.15, -0.1) is 0 Å². The molecule has 4 rings (SSSR count). The van der Waals surface area contributed by atoms with Gasteiger partial charge in [0.15, 0.2) is 0 Å². The molecular weight excluding hydrogens is 336 g/mol. The molecule has 0 atom stereocenters. The number of sulfonamides is 1. The standard InChI is InChI=1S/C19H20N2O3S/c22-14-21-11-8-15-12-17(6-7-18(15)21)25(23,24)20-13-19(9-10-19)16-4-2-1-3-5-16/h1-7,12,14,20H,8-11,13H2. The third kappa shape index (κ3) is 2.96. The van der Waals surface area contributed by atoms with Gasteiger partial charge in [0.25, 0.3) is 0 Å². The van der Waals surface area contributed by atoms with Crippen LogP contribution in [0.15, 0.2) is 53.4 Å². The summed E-state index contributed by atoms with van der Waals surface area (Å²) in [7, 11) is -3.56. The van der Waals surface area contributed by atoms with E-state index < -0.39 is 10.0 Å². The molecule has 1 saturated carbocycles. The van der Waals surface area contributed by atoms with Crippen molar-refractivity contribution in [2.24, 2.45) is 0 Å². The molecule has 1 aliphatic carbocycles. The Labute approximate surface area is 147 Å². The number of nitrogens with zero attached hydrogens (tertiary/aromatic N) is 1. The fourth-order valence-corrected chi connectivity index (χ4v) is 4.68. The third-order valence-electron chi connectivity index (χ3n) is 5.26. The van der Waals surface area contributed by atoms with Gasteiger partial charge in [0.2, 0.25) is 16.4 Å². The number of fused-ring (bicyclic) bond motifs is 1. The molecule has 130 valence electrons. The van der Waals surface area contributed by atoms with Crippen molar-refractivity contribution in [2.75, 3.05) is 18.0 Å². The number of carbonyl (C=O) groups is 1. The Bertz CT molecular complexity index is 906. The van der Waals surface area contributed by atoms with E-state index in [1.165, 1.54) is 5.56 Å². The second-order valence-corrected chi connectivity index (χ2v) is 8.58. The predicted octanol–water partition coefficient (Wildman–Crippen LogP) is 2.22. The number of carbonyl (C=O) groups excluding carboxylic acids is 1. The van der Waals surface area contributed by atoms with Crippen LogP contribution >= 0.6 is 0 Å². The van der Waals surface area contributed by atoms with E-state index in [1.807, 2.05) is 18.2 Å². The highest BCUT2D eigenvalue weighted by atomic mass is 32.2. The van der Waals surface area contributed by atoms with E-state index in [0.717, 1.165) is 30.5 Å². The van der Waals surface area contributed by atoms with Gasteiger partial charge in [-0.3, -0.25) is 4.79 Å². The molecule has 0 unspecified atom stereocenters. The van der Waals surface area contributed by atoms with Crippen molar-refractivity contribution in [3.63, 3.8) is 0 Å². The average molecular weight is 356 g/mol. The van der Waals surface area contributed by atoms with Crippen molar-refractivity contribution in [1.29, 1.82) is 0 Å². The Balaban J connectivity index is 1.52. The molecule has 2 aromatic rings. The zero-order chi connectivity index (χ0) is 17.5. The molecule has 0 bridgehead atoms. The van der Waals surface area contributed by atoms with Gasteiger partial charge in [0, 0.05) is 24.2 Å². The number of benzene rings is 2. The van der Waals surface area contributed by atoms with Gasteiger partial charge in [-0.2, -0.15) is 0 Å². The summed E-state index contributed by atoms with van der Waals surface area (Å²) in [5, 5.41) is 0. The minimum Gasteiger partial charge on any atom is -0.314 e. The van der Waals surface area contributed by atoms with Gasteiger partial charge in [0.1, 0.15) is 0 Å². The normalized spacial score (nSPS) is 18.0. The van der Waals surface area contributed by atoms with Gasteiger partial charge in [-0.25, -0.2) is 13.1 Å². The lowest BCUT2D eigenvalue weighted by atomic mass is 9.96. The molecule has 5 nitrogen and oxygen atoms in total. The van der Waals surface area contributed by atoms with Crippen molar-refractivity contribution >= 4 is 22.1 Å². The minimum absolute atomic E-state index is 0.0701. The maximum absolute atomic E-state index is 12.7. The zero-order valence-corrected chi connectivity index (χ0v) is 14.6. The quantitative estimate of drug-likeness (QED) is 0.807. The van der Waals surface area contributed by atoms with Crippen LogP contribution in [-0.2, 0) is 26.7 Å². The lowest BCUT2D eigenvalue weighted by Gasteiger charge is -2.17. The minimum atomic E-state index is -3.56. The summed E-state index contributed by atoms with van der Waals surface area (Å²) in [5.41, 5.74) is 2.82. The van der Waals surface area contributed by atoms with Crippen molar-refractivity contribution in [3.8, 4) is 0 Å². The molecule has 0 spiro atoms. The maximum Gasteiger partial charge on any atom is 0.240 e. The van der Waals surface area contributed by atoms with Gasteiger partial charge in [-0.1, -0.05) is 30.3 Å². The molecule has 6 heteroatoms. The van der Waals surface area contributed by atoms with E-state index in [9.17, 15) is 13.2 Å². The number of hydrogen-bond acceptors (Lipinski definition) is 3. The van der Waals surface area contributed by atoms with Crippen LogP contribution in [-0.4, -0.2) is 27.9 Å². The van der Waals surface area contributed by atoms with Crippen LogP contribution in [0.25, 0.3) is 0 Å². The topological polar surface area (TPSA) is 66.5 Å². The van der Waals surface area contributed by atoms with Gasteiger partial charge in [0.05, 0.1) is 4.90 Å². The fourth-order valence-electron chi connectivity index (χ4n) is 3.51. The number of anilines is 1. The highest BCUT2D eigenvalue weighted by molar-refractivity contribution is 7.89. The van der Waals surface area contributed by atoms with Crippen molar-refractivity contribution < 1.29 is 13.2 Å². The Morgan fingerprint density at radius 1 is 1.12 bits per heavy atom. The molecule has 1 aliphatic heterocycles. The lowest BCUT2D eigenvalue weighted by Crippen LogP contribution is -2.32. The van der Waals surface area contributed by atoms with Crippen LogP contribution in [0, 0.1) is 0 Å². The second-order valence-electron chi connectivity index (χ2n) is 6.81. The Morgan fingerprint density at radius 2 is 1.88 bits per heavy atom. The molecule has 2 aliphatic rings. The fraction of sp³-hybridized carbons (Fsp3) is 0.316. The summed E-state index contributed by atoms with van der Waals surface area (Å²) in [6.07, 6.45) is 3.47. The van der Waals surface area contributed by atoms with Crippen LogP contribution in [0.3, 0.4) is 0 Å². The molecule has 25 heavy (non-hydrogen) atoms. The average Bonchev–Trinajstić information content (AvgIpc) is 3.33. The van der Waals surface area contributed by atoms with Gasteiger partial charge < -0.3 is 4.90 Å². The maximum atomic E-state index is 12.7. The van der Waals surface area contributed by atoms with Crippen LogP contribution in [0.4, 0.5) is 5.69 Å². The first-order valence-corrected chi connectivity index (χ1v) is 9.92. The zero-order valence-electron chi connectivity index (χ0n) is 13.8. The third-order valence-corrected chi connectivity index (χ3v) is 6.66. The van der Waals surface area contributed by atoms with Gasteiger partial charge >= 0.3 is 0 Å². The molecule has 1 amide bonds. The van der Waals surface area contributed by atoms with Gasteiger partial charge in [-0.05, 0) is 48.6 Å². The van der Waals surface area contributed by atoms with Crippen LogP contribution in [0.1, 0.15) is 24.0 Å². The summed E-state index contributed by atoms with van der Waals surface area (Å²) in [6, 6.07) is 15.0. The van der Waals surface area contributed by atoms with Crippen molar-refractivity contribution in [2.45, 2.75) is 29.6 Å². The lowest BCUT2D eigenvalue weighted by molar-refractivity contribution is -0.107. The Kier molecular flexibility index (Phi) is 3.89. The summed E-state index contributed by atoms with van der Waals surface area (Å²) in [6.45, 7) is 1.02. The van der Waals surface area contributed by atoms with E-state index in [0.29, 0.717) is 19.5 Å². The second kappa shape index (κ2) is 5.97. The molecular formula is C19H20N2O3S. The first-order valence-electron chi connectivity index (χ1n) is 8.44. The summed E-state index contributed by atoms with van der Waals surface area (Å²) >= 11 is 0. The van der Waals surface area contributed by atoms with Crippen molar-refractivity contribution in [3.05, 3.63) is 59.7 Å². The van der Waals surface area contributed by atoms with E-state index in [1.54, 1.807) is 23.1 Å². The van der Waals surface area contributed by atoms with Crippen LogP contribution in [0.5, 0.6) is 0 Å². The molecule has 1 fully saturated rings. The number of nitrogens with one attached hydrogen (secondary N) is 1. The van der Waals surface area contributed by atoms with E-state index in [4.69, 9.17) is 0 Å². The van der Waals surface area contributed by atoms with Crippen LogP contribution in [0.2, 0.25) is 0 Å². The van der Waals surface area contributed by atoms with E-state index in [2.05, 4.69) is 16.9 Å². The van der Waals surface area contributed by atoms with E-state index >= 15 is 0 Å². The summed E-state index contributed by atoms with van der Waals surface area (Å²) < 4.78 is 28.2. The number of rotatable bonds is 6.